The fourth-order valence-electron chi connectivity index (χ4n) is 2.89. The van der Waals surface area contributed by atoms with Crippen molar-refractivity contribution in [2.75, 3.05) is 18.4 Å². The van der Waals surface area contributed by atoms with Gasteiger partial charge in [-0.15, -0.1) is 12.4 Å². The van der Waals surface area contributed by atoms with Crippen LogP contribution in [0.4, 0.5) is 5.82 Å². The van der Waals surface area contributed by atoms with Crippen molar-refractivity contribution in [2.24, 2.45) is 13.0 Å². The molecule has 0 unspecified atom stereocenters. The number of amides is 1. The van der Waals surface area contributed by atoms with Crippen LogP contribution < -0.4 is 10.6 Å². The van der Waals surface area contributed by atoms with E-state index in [0.717, 1.165) is 43.0 Å². The quantitative estimate of drug-likeness (QED) is 0.907. The van der Waals surface area contributed by atoms with Crippen LogP contribution >= 0.6 is 12.4 Å². The predicted molar refractivity (Wildman–Crippen MR) is 94.9 cm³/mol. The summed E-state index contributed by atoms with van der Waals surface area (Å²) in [6, 6.07) is 10.1. The van der Waals surface area contributed by atoms with E-state index < -0.39 is 0 Å². The molecular formula is C17H23ClN4O. The van der Waals surface area contributed by atoms with Crippen molar-refractivity contribution in [1.29, 1.82) is 0 Å². The molecule has 23 heavy (non-hydrogen) atoms. The Kier molecular flexibility index (Phi) is 5.80. The molecule has 6 heteroatoms. The Morgan fingerprint density at radius 2 is 2.00 bits per heavy atom. The van der Waals surface area contributed by atoms with Crippen molar-refractivity contribution >= 4 is 24.1 Å². The molecule has 0 spiro atoms. The second-order valence-electron chi connectivity index (χ2n) is 5.87. The van der Waals surface area contributed by atoms with Crippen LogP contribution in [0.15, 0.2) is 30.3 Å². The predicted octanol–water partition coefficient (Wildman–Crippen LogP) is 2.76. The van der Waals surface area contributed by atoms with Gasteiger partial charge in [-0.25, -0.2) is 0 Å². The van der Waals surface area contributed by atoms with Crippen LogP contribution in [0.5, 0.6) is 0 Å². The molecule has 1 fully saturated rings. The minimum Gasteiger partial charge on any atom is -0.317 e. The number of piperidine rings is 1. The molecule has 1 saturated heterocycles. The highest BCUT2D eigenvalue weighted by Gasteiger charge is 2.22. The van der Waals surface area contributed by atoms with E-state index in [1.54, 1.807) is 4.68 Å². The van der Waals surface area contributed by atoms with Gasteiger partial charge in [0.1, 0.15) is 5.82 Å². The number of aromatic nitrogens is 2. The van der Waals surface area contributed by atoms with Crippen molar-refractivity contribution in [1.82, 2.24) is 15.1 Å². The largest absolute Gasteiger partial charge is 0.317 e. The monoisotopic (exact) mass is 334 g/mol. The fourth-order valence-corrected chi connectivity index (χ4v) is 2.89. The maximum absolute atomic E-state index is 12.4. The van der Waals surface area contributed by atoms with Crippen molar-refractivity contribution in [3.63, 3.8) is 0 Å². The maximum Gasteiger partial charge on any atom is 0.228 e. The zero-order chi connectivity index (χ0) is 15.5. The summed E-state index contributed by atoms with van der Waals surface area (Å²) >= 11 is 0. The summed E-state index contributed by atoms with van der Waals surface area (Å²) in [7, 11) is 1.86. The highest BCUT2D eigenvalue weighted by molar-refractivity contribution is 5.92. The fraction of sp³-hybridized carbons (Fsp3) is 0.412. The molecule has 0 atom stereocenters. The molecule has 3 rings (SSSR count). The van der Waals surface area contributed by atoms with Gasteiger partial charge in [-0.3, -0.25) is 9.48 Å². The molecular weight excluding hydrogens is 312 g/mol. The van der Waals surface area contributed by atoms with Crippen LogP contribution in [-0.2, 0) is 11.8 Å². The molecule has 0 bridgehead atoms. The summed E-state index contributed by atoms with van der Waals surface area (Å²) in [5.41, 5.74) is 3.17. The summed E-state index contributed by atoms with van der Waals surface area (Å²) in [6.07, 6.45) is 1.79. The van der Waals surface area contributed by atoms with E-state index in [9.17, 15) is 4.79 Å². The van der Waals surface area contributed by atoms with E-state index in [-0.39, 0.29) is 24.2 Å². The Morgan fingerprint density at radius 1 is 1.30 bits per heavy atom. The van der Waals surface area contributed by atoms with Crippen molar-refractivity contribution in [3.05, 3.63) is 35.9 Å². The first kappa shape index (κ1) is 17.5. The Labute approximate surface area is 142 Å². The number of carbonyl (C=O) groups excluding carboxylic acids is 1. The van der Waals surface area contributed by atoms with Gasteiger partial charge in [-0.05, 0) is 38.4 Å². The third kappa shape index (κ3) is 3.92. The lowest BCUT2D eigenvalue weighted by Crippen LogP contribution is -2.34. The SMILES string of the molecule is Cc1ccccc1-c1cc(NC(=O)C2CCNCC2)n(C)n1.Cl. The molecule has 0 radical (unpaired) electrons. The smallest absolute Gasteiger partial charge is 0.228 e. The highest BCUT2D eigenvalue weighted by atomic mass is 35.5. The molecule has 1 amide bonds. The zero-order valence-electron chi connectivity index (χ0n) is 13.5. The first-order chi connectivity index (χ1) is 10.6. The average molecular weight is 335 g/mol. The normalized spacial score (nSPS) is 15.0. The maximum atomic E-state index is 12.4. The lowest BCUT2D eigenvalue weighted by Gasteiger charge is -2.21. The summed E-state index contributed by atoms with van der Waals surface area (Å²) in [5, 5.41) is 10.8. The second-order valence-corrected chi connectivity index (χ2v) is 5.87. The highest BCUT2D eigenvalue weighted by Crippen LogP contribution is 2.25. The van der Waals surface area contributed by atoms with Crippen LogP contribution in [0.25, 0.3) is 11.3 Å². The van der Waals surface area contributed by atoms with Crippen molar-refractivity contribution < 1.29 is 4.79 Å². The Balaban J connectivity index is 0.00000192. The number of hydrogen-bond acceptors (Lipinski definition) is 3. The van der Waals surface area contributed by atoms with Crippen LogP contribution in [0, 0.1) is 12.8 Å². The Morgan fingerprint density at radius 3 is 2.70 bits per heavy atom. The number of nitrogens with zero attached hydrogens (tertiary/aromatic N) is 2. The molecule has 2 heterocycles. The third-order valence-corrected chi connectivity index (χ3v) is 4.26. The number of rotatable bonds is 3. The lowest BCUT2D eigenvalue weighted by molar-refractivity contribution is -0.120. The second kappa shape index (κ2) is 7.62. The van der Waals surface area contributed by atoms with Gasteiger partial charge in [0.05, 0.1) is 5.69 Å². The molecule has 0 saturated carbocycles. The molecule has 1 aliphatic heterocycles. The van der Waals surface area contributed by atoms with Gasteiger partial charge in [0.15, 0.2) is 0 Å². The summed E-state index contributed by atoms with van der Waals surface area (Å²) in [5.74, 6) is 0.945. The van der Waals surface area contributed by atoms with E-state index in [2.05, 4.69) is 34.8 Å². The number of nitrogens with one attached hydrogen (secondary N) is 2. The van der Waals surface area contributed by atoms with E-state index >= 15 is 0 Å². The van der Waals surface area contributed by atoms with Crippen LogP contribution in [-0.4, -0.2) is 28.8 Å². The van der Waals surface area contributed by atoms with Gasteiger partial charge in [0.25, 0.3) is 0 Å². The lowest BCUT2D eigenvalue weighted by atomic mass is 9.97. The number of hydrogen-bond donors (Lipinski definition) is 2. The summed E-state index contributed by atoms with van der Waals surface area (Å²) in [4.78, 5) is 12.4. The van der Waals surface area contributed by atoms with Crippen LogP contribution in [0.3, 0.4) is 0 Å². The van der Waals surface area contributed by atoms with E-state index in [1.165, 1.54) is 5.56 Å². The molecule has 2 aromatic rings. The molecule has 2 N–H and O–H groups in total. The Hall–Kier alpha value is -1.85. The van der Waals surface area contributed by atoms with Crippen LogP contribution in [0.1, 0.15) is 18.4 Å². The number of anilines is 1. The minimum absolute atomic E-state index is 0. The van der Waals surface area contributed by atoms with Crippen molar-refractivity contribution in [3.8, 4) is 11.3 Å². The van der Waals surface area contributed by atoms with Gasteiger partial charge >= 0.3 is 0 Å². The molecule has 124 valence electrons. The topological polar surface area (TPSA) is 59.0 Å². The van der Waals surface area contributed by atoms with Gasteiger partial charge in [0.2, 0.25) is 5.91 Å². The zero-order valence-corrected chi connectivity index (χ0v) is 14.3. The van der Waals surface area contributed by atoms with Gasteiger partial charge < -0.3 is 10.6 Å². The summed E-state index contributed by atoms with van der Waals surface area (Å²) < 4.78 is 1.74. The minimum atomic E-state index is 0. The number of carbonyl (C=O) groups is 1. The molecule has 0 aliphatic carbocycles. The molecule has 1 aromatic heterocycles. The number of aryl methyl sites for hydroxylation is 2. The van der Waals surface area contributed by atoms with Crippen molar-refractivity contribution in [2.45, 2.75) is 19.8 Å². The average Bonchev–Trinajstić information content (AvgIpc) is 2.89. The van der Waals surface area contributed by atoms with Gasteiger partial charge in [-0.2, -0.15) is 5.10 Å². The number of benzene rings is 1. The molecule has 1 aromatic carbocycles. The summed E-state index contributed by atoms with van der Waals surface area (Å²) in [6.45, 7) is 3.90. The first-order valence-corrected chi connectivity index (χ1v) is 7.77. The standard InChI is InChI=1S/C17H22N4O.ClH/c1-12-5-3-4-6-14(12)15-11-16(21(2)20-15)19-17(22)13-7-9-18-10-8-13;/h3-6,11,13,18H,7-10H2,1-2H3,(H,19,22);1H. The first-order valence-electron chi connectivity index (χ1n) is 7.77. The molecule has 1 aliphatic rings. The Bertz CT molecular complexity index is 677. The van der Waals surface area contributed by atoms with E-state index in [0.29, 0.717) is 0 Å². The third-order valence-electron chi connectivity index (χ3n) is 4.26. The molecule has 5 nitrogen and oxygen atoms in total. The van der Waals surface area contributed by atoms with E-state index in [4.69, 9.17) is 0 Å². The van der Waals surface area contributed by atoms with E-state index in [1.807, 2.05) is 25.2 Å². The van der Waals surface area contributed by atoms with Crippen LogP contribution in [0.2, 0.25) is 0 Å². The number of halogens is 1. The van der Waals surface area contributed by atoms with Gasteiger partial charge in [-0.1, -0.05) is 24.3 Å². The van der Waals surface area contributed by atoms with Gasteiger partial charge in [0, 0.05) is 24.6 Å².